The number of benzene rings is 1. The van der Waals surface area contributed by atoms with Crippen LogP contribution in [0, 0.1) is 5.92 Å². The highest BCUT2D eigenvalue weighted by molar-refractivity contribution is 5.72. The van der Waals surface area contributed by atoms with Crippen LogP contribution < -0.4 is 4.74 Å². The summed E-state index contributed by atoms with van der Waals surface area (Å²) in [6.07, 6.45) is 1.01. The molecule has 1 aliphatic heterocycles. The zero-order valence-corrected chi connectivity index (χ0v) is 17.1. The average Bonchev–Trinajstić information content (AvgIpc) is 2.66. The number of β-amino-alcohol motifs (C(OH)–C–C–N with tert-alkyl or cyclic N) is 1. The molecule has 1 atom stereocenters. The Hall–Kier alpha value is -1.63. The zero-order valence-electron chi connectivity index (χ0n) is 17.1. The van der Waals surface area contributed by atoms with Gasteiger partial charge in [-0.1, -0.05) is 12.1 Å². The first-order chi connectivity index (χ1) is 12.9. The lowest BCUT2D eigenvalue weighted by Gasteiger charge is -2.31. The lowest BCUT2D eigenvalue weighted by Crippen LogP contribution is -2.42. The van der Waals surface area contributed by atoms with Gasteiger partial charge in [0, 0.05) is 19.1 Å². The third-order valence-electron chi connectivity index (χ3n) is 5.25. The van der Waals surface area contributed by atoms with Gasteiger partial charge in [0.05, 0.1) is 13.0 Å². The summed E-state index contributed by atoms with van der Waals surface area (Å²) in [4.78, 5) is 16.0. The van der Waals surface area contributed by atoms with Crippen molar-refractivity contribution in [3.8, 4) is 5.75 Å². The van der Waals surface area contributed by atoms with Crippen LogP contribution in [0.5, 0.6) is 5.75 Å². The van der Waals surface area contributed by atoms with Crippen LogP contribution in [0.4, 0.5) is 0 Å². The Labute approximate surface area is 163 Å². The number of nitrogens with zero attached hydrogens (tertiary/aromatic N) is 2. The first kappa shape index (κ1) is 21.7. The number of hydrogen-bond acceptors (Lipinski definition) is 6. The van der Waals surface area contributed by atoms with Gasteiger partial charge in [-0.2, -0.15) is 0 Å². The summed E-state index contributed by atoms with van der Waals surface area (Å²) in [7, 11) is 3.54. The molecule has 0 aliphatic carbocycles. The highest BCUT2D eigenvalue weighted by Gasteiger charge is 2.26. The van der Waals surface area contributed by atoms with Crippen LogP contribution in [0.1, 0.15) is 32.3 Å². The molecule has 1 heterocycles. The quantitative estimate of drug-likeness (QED) is 0.665. The number of esters is 1. The van der Waals surface area contributed by atoms with Crippen LogP contribution in [-0.4, -0.2) is 73.4 Å². The second kappa shape index (κ2) is 10.6. The summed E-state index contributed by atoms with van der Waals surface area (Å²) < 4.78 is 10.6. The van der Waals surface area contributed by atoms with Crippen molar-refractivity contribution in [2.24, 2.45) is 5.92 Å². The maximum absolute atomic E-state index is 11.6. The van der Waals surface area contributed by atoms with E-state index in [1.54, 1.807) is 0 Å². The van der Waals surface area contributed by atoms with E-state index in [-0.39, 0.29) is 18.5 Å². The second-order valence-electron chi connectivity index (χ2n) is 7.72. The minimum Gasteiger partial charge on any atom is -0.491 e. The third-order valence-corrected chi connectivity index (χ3v) is 5.25. The van der Waals surface area contributed by atoms with E-state index >= 15 is 0 Å². The highest BCUT2D eigenvalue weighted by atomic mass is 16.5. The number of hydrogen-bond donors (Lipinski definition) is 1. The molecule has 2 rings (SSSR count). The van der Waals surface area contributed by atoms with Gasteiger partial charge in [0.25, 0.3) is 0 Å². The first-order valence-corrected chi connectivity index (χ1v) is 9.79. The highest BCUT2D eigenvalue weighted by Crippen LogP contribution is 2.19. The first-order valence-electron chi connectivity index (χ1n) is 9.79. The number of ether oxygens (including phenoxy) is 2. The smallest absolute Gasteiger partial charge is 0.308 e. The maximum Gasteiger partial charge on any atom is 0.308 e. The van der Waals surface area contributed by atoms with Gasteiger partial charge in [-0.3, -0.25) is 9.69 Å². The van der Waals surface area contributed by atoms with E-state index in [4.69, 9.17) is 9.47 Å². The Kier molecular flexibility index (Phi) is 8.54. The molecule has 0 amide bonds. The Bertz CT molecular complexity index is 585. The fourth-order valence-electron chi connectivity index (χ4n) is 3.27. The van der Waals surface area contributed by atoms with Gasteiger partial charge in [0.2, 0.25) is 0 Å². The van der Waals surface area contributed by atoms with E-state index in [0.29, 0.717) is 12.6 Å². The normalized spacial score (nSPS) is 17.3. The minimum atomic E-state index is -0.554. The zero-order chi connectivity index (χ0) is 19.8. The van der Waals surface area contributed by atoms with Crippen LogP contribution in [-0.2, 0) is 16.1 Å². The third kappa shape index (κ3) is 7.13. The number of aliphatic hydroxyl groups is 1. The molecule has 0 radical (unpaired) electrons. The van der Waals surface area contributed by atoms with Crippen molar-refractivity contribution >= 4 is 5.97 Å². The lowest BCUT2D eigenvalue weighted by molar-refractivity contribution is -0.147. The molecule has 1 saturated heterocycles. The number of aliphatic hydroxyl groups excluding tert-OH is 1. The summed E-state index contributed by atoms with van der Waals surface area (Å²) in [5, 5.41) is 10.3. The predicted molar refractivity (Wildman–Crippen MR) is 106 cm³/mol. The van der Waals surface area contributed by atoms with E-state index < -0.39 is 6.10 Å². The monoisotopic (exact) mass is 378 g/mol. The van der Waals surface area contributed by atoms with Crippen LogP contribution in [0.15, 0.2) is 24.3 Å². The van der Waals surface area contributed by atoms with Gasteiger partial charge in [0.15, 0.2) is 0 Å². The van der Waals surface area contributed by atoms with E-state index in [0.717, 1.165) is 38.2 Å². The number of likely N-dealkylation sites (tertiary alicyclic amines) is 1. The van der Waals surface area contributed by atoms with Gasteiger partial charge in [-0.05, 0) is 64.5 Å². The lowest BCUT2D eigenvalue weighted by atomic mass is 9.97. The van der Waals surface area contributed by atoms with Crippen LogP contribution >= 0.6 is 0 Å². The molecule has 0 unspecified atom stereocenters. The van der Waals surface area contributed by atoms with E-state index in [1.165, 1.54) is 12.7 Å². The molecule has 1 fully saturated rings. The van der Waals surface area contributed by atoms with E-state index in [9.17, 15) is 9.90 Å². The van der Waals surface area contributed by atoms with Gasteiger partial charge in [-0.25, -0.2) is 0 Å². The molecule has 1 N–H and O–H groups in total. The summed E-state index contributed by atoms with van der Waals surface area (Å²) in [6, 6.07) is 8.52. The van der Waals surface area contributed by atoms with Crippen molar-refractivity contribution < 1.29 is 19.4 Å². The molecule has 0 bridgehead atoms. The summed E-state index contributed by atoms with van der Waals surface area (Å²) in [6.45, 7) is 7.63. The SMILES string of the molecule is COC(=O)C1CCN(C[C@@H](O)COc2cccc(CN(C)C(C)C)c2)CC1. The molecule has 1 aliphatic rings. The molecule has 1 aromatic rings. The molecular weight excluding hydrogens is 344 g/mol. The molecule has 6 nitrogen and oxygen atoms in total. The molecule has 27 heavy (non-hydrogen) atoms. The topological polar surface area (TPSA) is 62.2 Å². The van der Waals surface area contributed by atoms with Crippen molar-refractivity contribution in [1.29, 1.82) is 0 Å². The largest absolute Gasteiger partial charge is 0.491 e. The minimum absolute atomic E-state index is 0.00801. The molecule has 0 aromatic heterocycles. The number of rotatable bonds is 9. The average molecular weight is 379 g/mol. The molecule has 0 saturated carbocycles. The maximum atomic E-state index is 11.6. The molecule has 0 spiro atoms. The number of carbonyl (C=O) groups excluding carboxylic acids is 1. The number of carbonyl (C=O) groups is 1. The molecule has 1 aromatic carbocycles. The van der Waals surface area contributed by atoms with Crippen molar-refractivity contribution in [3.63, 3.8) is 0 Å². The van der Waals surface area contributed by atoms with Crippen molar-refractivity contribution in [1.82, 2.24) is 9.80 Å². The van der Waals surface area contributed by atoms with Crippen LogP contribution in [0.3, 0.4) is 0 Å². The Morgan fingerprint density at radius 1 is 1.33 bits per heavy atom. The van der Waals surface area contributed by atoms with E-state index in [2.05, 4.69) is 36.8 Å². The summed E-state index contributed by atoms with van der Waals surface area (Å²) in [5.41, 5.74) is 1.20. The fraction of sp³-hybridized carbons (Fsp3) is 0.667. The van der Waals surface area contributed by atoms with Crippen molar-refractivity contribution in [3.05, 3.63) is 29.8 Å². The predicted octanol–water partition coefficient (Wildman–Crippen LogP) is 2.15. The molecule has 6 heteroatoms. The number of methoxy groups -OCH3 is 1. The van der Waals surface area contributed by atoms with Crippen LogP contribution in [0.2, 0.25) is 0 Å². The summed E-state index contributed by atoms with van der Waals surface area (Å²) in [5.74, 6) is 0.654. The van der Waals surface area contributed by atoms with Gasteiger partial charge < -0.3 is 19.5 Å². The van der Waals surface area contributed by atoms with Gasteiger partial charge >= 0.3 is 5.97 Å². The Morgan fingerprint density at radius 3 is 2.67 bits per heavy atom. The van der Waals surface area contributed by atoms with Gasteiger partial charge in [-0.15, -0.1) is 0 Å². The standard InChI is InChI=1S/C21H34N2O4/c1-16(2)22(3)13-17-6-5-7-20(12-17)27-15-19(24)14-23-10-8-18(9-11-23)21(25)26-4/h5-7,12,16,18-19,24H,8-11,13-15H2,1-4H3/t19-/m1/s1. The van der Waals surface area contributed by atoms with Crippen molar-refractivity contribution in [2.75, 3.05) is 40.4 Å². The fourth-order valence-corrected chi connectivity index (χ4v) is 3.27. The number of piperidine rings is 1. The molecular formula is C21H34N2O4. The van der Waals surface area contributed by atoms with E-state index in [1.807, 2.05) is 18.2 Å². The summed E-state index contributed by atoms with van der Waals surface area (Å²) >= 11 is 0. The Morgan fingerprint density at radius 2 is 2.04 bits per heavy atom. The van der Waals surface area contributed by atoms with Crippen LogP contribution in [0.25, 0.3) is 0 Å². The Balaban J connectivity index is 1.74. The van der Waals surface area contributed by atoms with Gasteiger partial charge in [0.1, 0.15) is 18.5 Å². The second-order valence-corrected chi connectivity index (χ2v) is 7.72. The molecule has 152 valence electrons. The van der Waals surface area contributed by atoms with Crippen molar-refractivity contribution in [2.45, 2.75) is 45.4 Å².